The summed E-state index contributed by atoms with van der Waals surface area (Å²) in [5, 5.41) is 10.0. The molecule has 2 N–H and O–H groups in total. The normalized spacial score (nSPS) is 14.6. The van der Waals surface area contributed by atoms with Gasteiger partial charge < -0.3 is 5.32 Å². The number of nitrogens with zero attached hydrogens (tertiary/aromatic N) is 2. The average molecular weight is 224 g/mol. The van der Waals surface area contributed by atoms with Gasteiger partial charge in [-0.15, -0.1) is 0 Å². The number of aryl methyl sites for hydroxylation is 1. The zero-order valence-corrected chi connectivity index (χ0v) is 10.5. The van der Waals surface area contributed by atoms with E-state index in [1.54, 1.807) is 7.05 Å². The van der Waals surface area contributed by atoms with Crippen molar-refractivity contribution in [2.75, 3.05) is 7.05 Å². The number of hydrogen-bond acceptors (Lipinski definition) is 3. The van der Waals surface area contributed by atoms with Gasteiger partial charge in [0.05, 0.1) is 12.2 Å². The van der Waals surface area contributed by atoms with Crippen molar-refractivity contribution in [2.45, 2.75) is 32.9 Å². The minimum atomic E-state index is -0.209. The number of hydrogen-bond donors (Lipinski definition) is 2. The molecule has 1 aromatic heterocycles. The Morgan fingerprint density at radius 2 is 2.12 bits per heavy atom. The van der Waals surface area contributed by atoms with E-state index >= 15 is 0 Å². The fourth-order valence-corrected chi connectivity index (χ4v) is 1.70. The van der Waals surface area contributed by atoms with Crippen molar-refractivity contribution in [1.29, 1.82) is 0 Å². The minimum Gasteiger partial charge on any atom is -0.358 e. The van der Waals surface area contributed by atoms with Crippen molar-refractivity contribution in [2.24, 2.45) is 7.05 Å². The van der Waals surface area contributed by atoms with Crippen LogP contribution < -0.4 is 10.6 Å². The first-order chi connectivity index (χ1) is 7.47. The zero-order chi connectivity index (χ0) is 12.3. The molecule has 0 aliphatic carbocycles. The molecule has 1 rings (SSSR count). The lowest BCUT2D eigenvalue weighted by atomic mass is 10.1. The Kier molecular flexibility index (Phi) is 4.06. The lowest BCUT2D eigenvalue weighted by Gasteiger charge is -2.18. The van der Waals surface area contributed by atoms with Gasteiger partial charge in [0, 0.05) is 31.4 Å². The first kappa shape index (κ1) is 12.7. The van der Waals surface area contributed by atoms with Crippen LogP contribution in [0.2, 0.25) is 0 Å². The summed E-state index contributed by atoms with van der Waals surface area (Å²) < 4.78 is 1.83. The van der Waals surface area contributed by atoms with Gasteiger partial charge >= 0.3 is 0 Å². The van der Waals surface area contributed by atoms with Crippen LogP contribution in [0.15, 0.2) is 6.20 Å². The lowest BCUT2D eigenvalue weighted by molar-refractivity contribution is -0.122. The molecule has 0 aliphatic rings. The molecule has 0 fully saturated rings. The van der Waals surface area contributed by atoms with Crippen LogP contribution >= 0.6 is 0 Å². The average Bonchev–Trinajstić information content (AvgIpc) is 2.58. The van der Waals surface area contributed by atoms with Gasteiger partial charge in [-0.05, 0) is 20.8 Å². The van der Waals surface area contributed by atoms with E-state index in [0.29, 0.717) is 0 Å². The second-order valence-corrected chi connectivity index (χ2v) is 4.03. The Morgan fingerprint density at radius 3 is 2.56 bits per heavy atom. The standard InChI is InChI=1S/C11H20N4O/c1-7(14-8(2)11(16)12-4)10-6-13-15(5)9(10)3/h6-8,14H,1-5H3,(H,12,16)/t7?,8-/m1/s1. The van der Waals surface area contributed by atoms with Crippen LogP contribution in [-0.2, 0) is 11.8 Å². The maximum atomic E-state index is 11.4. The van der Waals surface area contributed by atoms with Gasteiger partial charge in [-0.25, -0.2) is 0 Å². The van der Waals surface area contributed by atoms with E-state index in [-0.39, 0.29) is 18.0 Å². The summed E-state index contributed by atoms with van der Waals surface area (Å²) >= 11 is 0. The van der Waals surface area contributed by atoms with Crippen LogP contribution in [0, 0.1) is 6.92 Å². The smallest absolute Gasteiger partial charge is 0.236 e. The molecule has 0 radical (unpaired) electrons. The summed E-state index contributed by atoms with van der Waals surface area (Å²) in [4.78, 5) is 11.4. The van der Waals surface area contributed by atoms with Gasteiger partial charge in [0.15, 0.2) is 0 Å². The van der Waals surface area contributed by atoms with E-state index in [4.69, 9.17) is 0 Å². The number of amides is 1. The summed E-state index contributed by atoms with van der Waals surface area (Å²) in [6, 6.07) is -0.0967. The highest BCUT2D eigenvalue weighted by molar-refractivity contribution is 5.80. The van der Waals surface area contributed by atoms with Crippen LogP contribution in [0.1, 0.15) is 31.1 Å². The van der Waals surface area contributed by atoms with E-state index in [2.05, 4.69) is 15.7 Å². The lowest BCUT2D eigenvalue weighted by Crippen LogP contribution is -2.41. The largest absolute Gasteiger partial charge is 0.358 e. The maximum absolute atomic E-state index is 11.4. The van der Waals surface area contributed by atoms with E-state index in [0.717, 1.165) is 11.3 Å². The number of carbonyl (C=O) groups excluding carboxylic acids is 1. The Balaban J connectivity index is 2.69. The molecule has 1 heterocycles. The second-order valence-electron chi connectivity index (χ2n) is 4.03. The topological polar surface area (TPSA) is 59.0 Å². The maximum Gasteiger partial charge on any atom is 0.236 e. The van der Waals surface area contributed by atoms with E-state index in [9.17, 15) is 4.79 Å². The quantitative estimate of drug-likeness (QED) is 0.783. The summed E-state index contributed by atoms with van der Waals surface area (Å²) in [7, 11) is 3.55. The second kappa shape index (κ2) is 5.12. The van der Waals surface area contributed by atoms with Crippen molar-refractivity contribution in [3.63, 3.8) is 0 Å². The van der Waals surface area contributed by atoms with Crippen molar-refractivity contribution >= 4 is 5.91 Å². The van der Waals surface area contributed by atoms with E-state index < -0.39 is 0 Å². The Hall–Kier alpha value is -1.36. The third-order valence-corrected chi connectivity index (χ3v) is 2.88. The van der Waals surface area contributed by atoms with Crippen LogP contribution in [0.5, 0.6) is 0 Å². The Labute approximate surface area is 96.2 Å². The molecule has 0 saturated carbocycles. The fourth-order valence-electron chi connectivity index (χ4n) is 1.70. The molecule has 0 spiro atoms. The third-order valence-electron chi connectivity index (χ3n) is 2.88. The van der Waals surface area contributed by atoms with Gasteiger partial charge in [-0.1, -0.05) is 0 Å². The first-order valence-corrected chi connectivity index (χ1v) is 5.43. The SMILES string of the molecule is CNC(=O)[C@@H](C)NC(C)c1cnn(C)c1C. The molecule has 90 valence electrons. The Morgan fingerprint density at radius 1 is 1.50 bits per heavy atom. The summed E-state index contributed by atoms with van der Waals surface area (Å²) in [6.07, 6.45) is 1.84. The number of nitrogens with one attached hydrogen (secondary N) is 2. The van der Waals surface area contributed by atoms with Gasteiger partial charge in [-0.2, -0.15) is 5.10 Å². The molecule has 0 aromatic carbocycles. The Bertz CT molecular complexity index is 372. The molecule has 0 aliphatic heterocycles. The monoisotopic (exact) mass is 224 g/mol. The predicted molar refractivity (Wildman–Crippen MR) is 63.0 cm³/mol. The molecule has 2 atom stereocenters. The molecule has 1 aromatic rings. The van der Waals surface area contributed by atoms with Crippen molar-refractivity contribution in [1.82, 2.24) is 20.4 Å². The van der Waals surface area contributed by atoms with Gasteiger partial charge in [-0.3, -0.25) is 14.8 Å². The molecule has 16 heavy (non-hydrogen) atoms. The minimum absolute atomic E-state index is 0.00612. The highest BCUT2D eigenvalue weighted by Gasteiger charge is 2.17. The number of likely N-dealkylation sites (N-methyl/N-ethyl adjacent to an activating group) is 1. The first-order valence-electron chi connectivity index (χ1n) is 5.43. The van der Waals surface area contributed by atoms with Crippen molar-refractivity contribution in [3.8, 4) is 0 Å². The fraction of sp³-hybridized carbons (Fsp3) is 0.636. The van der Waals surface area contributed by atoms with Crippen LogP contribution in [0.25, 0.3) is 0 Å². The number of rotatable bonds is 4. The molecular weight excluding hydrogens is 204 g/mol. The van der Waals surface area contributed by atoms with Gasteiger partial charge in [0.2, 0.25) is 5.91 Å². The molecule has 0 saturated heterocycles. The van der Waals surface area contributed by atoms with Crippen molar-refractivity contribution < 1.29 is 4.79 Å². The number of carbonyl (C=O) groups is 1. The molecule has 1 unspecified atom stereocenters. The highest BCUT2D eigenvalue weighted by Crippen LogP contribution is 2.16. The predicted octanol–water partition coefficient (Wildman–Crippen LogP) is 0.514. The molecule has 5 nitrogen and oxygen atoms in total. The molecule has 0 bridgehead atoms. The molecular formula is C11H20N4O. The molecule has 1 amide bonds. The highest BCUT2D eigenvalue weighted by atomic mass is 16.2. The van der Waals surface area contributed by atoms with Crippen LogP contribution in [-0.4, -0.2) is 28.8 Å². The number of aromatic nitrogens is 2. The summed E-state index contributed by atoms with van der Waals surface area (Å²) in [6.45, 7) is 5.90. The van der Waals surface area contributed by atoms with Gasteiger partial charge in [0.25, 0.3) is 0 Å². The van der Waals surface area contributed by atoms with Crippen molar-refractivity contribution in [3.05, 3.63) is 17.5 Å². The molecule has 5 heteroatoms. The van der Waals surface area contributed by atoms with Crippen LogP contribution in [0.3, 0.4) is 0 Å². The van der Waals surface area contributed by atoms with E-state index in [1.807, 2.05) is 38.7 Å². The third kappa shape index (κ3) is 2.61. The summed E-state index contributed by atoms with van der Waals surface area (Å²) in [5.41, 5.74) is 2.24. The zero-order valence-electron chi connectivity index (χ0n) is 10.5. The summed E-state index contributed by atoms with van der Waals surface area (Å²) in [5.74, 6) is -0.00612. The van der Waals surface area contributed by atoms with Gasteiger partial charge in [0.1, 0.15) is 0 Å². The van der Waals surface area contributed by atoms with Crippen LogP contribution in [0.4, 0.5) is 0 Å². The van der Waals surface area contributed by atoms with E-state index in [1.165, 1.54) is 0 Å².